The molecule has 0 aliphatic carbocycles. The Balaban J connectivity index is 2.57. The summed E-state index contributed by atoms with van der Waals surface area (Å²) in [7, 11) is 0. The number of amides is 2. The Morgan fingerprint density at radius 2 is 2.05 bits per heavy atom. The first-order chi connectivity index (χ1) is 8.91. The molecule has 1 rings (SSSR count). The molecular formula is C13H18ClN3O2. The van der Waals surface area contributed by atoms with Crippen LogP contribution in [0.1, 0.15) is 31.1 Å². The first kappa shape index (κ1) is 15.4. The van der Waals surface area contributed by atoms with Crippen molar-refractivity contribution in [1.29, 1.82) is 0 Å². The van der Waals surface area contributed by atoms with E-state index in [1.807, 2.05) is 13.8 Å². The molecule has 2 amide bonds. The maximum Gasteiger partial charge on any atom is 0.255 e. The number of hydrogen-bond acceptors (Lipinski definition) is 3. The van der Waals surface area contributed by atoms with Gasteiger partial charge in [0.1, 0.15) is 6.04 Å². The van der Waals surface area contributed by atoms with Gasteiger partial charge in [0.05, 0.1) is 10.6 Å². The van der Waals surface area contributed by atoms with Gasteiger partial charge in [0.15, 0.2) is 0 Å². The van der Waals surface area contributed by atoms with Crippen molar-refractivity contribution in [3.05, 3.63) is 29.0 Å². The number of carbonyl (C=O) groups is 2. The van der Waals surface area contributed by atoms with E-state index in [2.05, 4.69) is 15.6 Å². The molecule has 0 radical (unpaired) electrons. The van der Waals surface area contributed by atoms with Gasteiger partial charge in [0.25, 0.3) is 5.91 Å². The van der Waals surface area contributed by atoms with E-state index >= 15 is 0 Å². The van der Waals surface area contributed by atoms with Crippen molar-refractivity contribution in [1.82, 2.24) is 15.6 Å². The van der Waals surface area contributed by atoms with Crippen LogP contribution in [-0.4, -0.2) is 29.4 Å². The molecular weight excluding hydrogens is 266 g/mol. The van der Waals surface area contributed by atoms with Crippen LogP contribution in [0.15, 0.2) is 18.5 Å². The third-order valence-electron chi connectivity index (χ3n) is 2.44. The molecule has 0 aliphatic heterocycles. The molecule has 5 nitrogen and oxygen atoms in total. The maximum absolute atomic E-state index is 11.9. The van der Waals surface area contributed by atoms with E-state index in [1.165, 1.54) is 18.5 Å². The summed E-state index contributed by atoms with van der Waals surface area (Å²) in [6.07, 6.45) is 2.87. The van der Waals surface area contributed by atoms with Crippen LogP contribution < -0.4 is 10.6 Å². The van der Waals surface area contributed by atoms with Crippen molar-refractivity contribution in [2.75, 3.05) is 6.54 Å². The highest BCUT2D eigenvalue weighted by molar-refractivity contribution is 6.33. The SMILES string of the molecule is CC(C)CNC(=O)C(C)NC(=O)c1cnccc1Cl. The van der Waals surface area contributed by atoms with Gasteiger partial charge in [0, 0.05) is 18.9 Å². The summed E-state index contributed by atoms with van der Waals surface area (Å²) in [5.74, 6) is -0.271. The van der Waals surface area contributed by atoms with E-state index in [9.17, 15) is 9.59 Å². The number of rotatable bonds is 5. The summed E-state index contributed by atoms with van der Waals surface area (Å²) in [6, 6.07) is 0.905. The van der Waals surface area contributed by atoms with Crippen molar-refractivity contribution in [2.24, 2.45) is 5.92 Å². The molecule has 0 aliphatic rings. The van der Waals surface area contributed by atoms with Crippen molar-refractivity contribution in [2.45, 2.75) is 26.8 Å². The Morgan fingerprint density at radius 1 is 1.37 bits per heavy atom. The smallest absolute Gasteiger partial charge is 0.255 e. The number of aromatic nitrogens is 1. The third-order valence-corrected chi connectivity index (χ3v) is 2.77. The molecule has 6 heteroatoms. The second-order valence-electron chi connectivity index (χ2n) is 4.69. The van der Waals surface area contributed by atoms with Gasteiger partial charge in [-0.2, -0.15) is 0 Å². The van der Waals surface area contributed by atoms with Gasteiger partial charge in [-0.05, 0) is 18.9 Å². The van der Waals surface area contributed by atoms with Crippen LogP contribution in [0, 0.1) is 5.92 Å². The highest BCUT2D eigenvalue weighted by atomic mass is 35.5. The van der Waals surface area contributed by atoms with Crippen molar-refractivity contribution in [3.8, 4) is 0 Å². The minimum absolute atomic E-state index is 0.220. The predicted octanol–water partition coefficient (Wildman–Crippen LogP) is 1.63. The Kier molecular flexibility index (Phi) is 5.76. The monoisotopic (exact) mass is 283 g/mol. The molecule has 2 N–H and O–H groups in total. The normalized spacial score (nSPS) is 12.1. The molecule has 104 valence electrons. The number of halogens is 1. The lowest BCUT2D eigenvalue weighted by Gasteiger charge is -2.15. The fourth-order valence-electron chi connectivity index (χ4n) is 1.34. The predicted molar refractivity (Wildman–Crippen MR) is 74.0 cm³/mol. The molecule has 0 saturated heterocycles. The zero-order valence-corrected chi connectivity index (χ0v) is 12.0. The van der Waals surface area contributed by atoms with Crippen LogP contribution in [0.4, 0.5) is 0 Å². The summed E-state index contributed by atoms with van der Waals surface area (Å²) in [4.78, 5) is 27.5. The fraction of sp³-hybridized carbons (Fsp3) is 0.462. The maximum atomic E-state index is 11.9. The number of nitrogens with one attached hydrogen (secondary N) is 2. The van der Waals surface area contributed by atoms with Gasteiger partial charge < -0.3 is 10.6 Å². The van der Waals surface area contributed by atoms with Gasteiger partial charge >= 0.3 is 0 Å². The average Bonchev–Trinajstić information content (AvgIpc) is 2.36. The first-order valence-corrected chi connectivity index (χ1v) is 6.47. The molecule has 0 fully saturated rings. The minimum Gasteiger partial charge on any atom is -0.354 e. The van der Waals surface area contributed by atoms with Crippen LogP contribution >= 0.6 is 11.6 Å². The second-order valence-corrected chi connectivity index (χ2v) is 5.10. The largest absolute Gasteiger partial charge is 0.354 e. The van der Waals surface area contributed by atoms with Gasteiger partial charge in [-0.15, -0.1) is 0 Å². The molecule has 1 unspecified atom stereocenters. The second kappa shape index (κ2) is 7.09. The molecule has 0 aromatic carbocycles. The molecule has 0 bridgehead atoms. The summed E-state index contributed by atoms with van der Waals surface area (Å²) < 4.78 is 0. The van der Waals surface area contributed by atoms with E-state index < -0.39 is 11.9 Å². The summed E-state index contributed by atoms with van der Waals surface area (Å²) >= 11 is 5.88. The summed E-state index contributed by atoms with van der Waals surface area (Å²) in [6.45, 7) is 6.20. The number of hydrogen-bond donors (Lipinski definition) is 2. The van der Waals surface area contributed by atoms with E-state index in [-0.39, 0.29) is 11.5 Å². The topological polar surface area (TPSA) is 71.1 Å². The molecule has 1 aromatic rings. The average molecular weight is 284 g/mol. The summed E-state index contributed by atoms with van der Waals surface area (Å²) in [5.41, 5.74) is 0.257. The Hall–Kier alpha value is -1.62. The van der Waals surface area contributed by atoms with E-state index in [0.717, 1.165) is 0 Å². The lowest BCUT2D eigenvalue weighted by atomic mass is 10.2. The van der Waals surface area contributed by atoms with Crippen LogP contribution in [-0.2, 0) is 4.79 Å². The van der Waals surface area contributed by atoms with Gasteiger partial charge in [-0.1, -0.05) is 25.4 Å². The highest BCUT2D eigenvalue weighted by Gasteiger charge is 2.18. The molecule has 1 heterocycles. The number of carbonyl (C=O) groups excluding carboxylic acids is 2. The lowest BCUT2D eigenvalue weighted by Crippen LogP contribution is -2.45. The van der Waals surface area contributed by atoms with Gasteiger partial charge in [0.2, 0.25) is 5.91 Å². The van der Waals surface area contributed by atoms with Crippen LogP contribution in [0.3, 0.4) is 0 Å². The quantitative estimate of drug-likeness (QED) is 0.863. The molecule has 0 saturated carbocycles. The van der Waals surface area contributed by atoms with Crippen molar-refractivity contribution in [3.63, 3.8) is 0 Å². The third kappa shape index (κ3) is 4.87. The van der Waals surface area contributed by atoms with Crippen molar-refractivity contribution < 1.29 is 9.59 Å². The van der Waals surface area contributed by atoms with Crippen LogP contribution in [0.25, 0.3) is 0 Å². The zero-order chi connectivity index (χ0) is 14.4. The molecule has 1 atom stereocenters. The van der Waals surface area contributed by atoms with Crippen LogP contribution in [0.2, 0.25) is 5.02 Å². The summed E-state index contributed by atoms with van der Waals surface area (Å²) in [5, 5.41) is 5.64. The van der Waals surface area contributed by atoms with E-state index in [0.29, 0.717) is 17.5 Å². The first-order valence-electron chi connectivity index (χ1n) is 6.10. The van der Waals surface area contributed by atoms with E-state index in [1.54, 1.807) is 6.92 Å². The van der Waals surface area contributed by atoms with Gasteiger partial charge in [-0.3, -0.25) is 14.6 Å². The zero-order valence-electron chi connectivity index (χ0n) is 11.2. The molecule has 1 aromatic heterocycles. The Bertz CT molecular complexity index is 463. The number of nitrogens with zero attached hydrogens (tertiary/aromatic N) is 1. The minimum atomic E-state index is -0.623. The van der Waals surface area contributed by atoms with Crippen molar-refractivity contribution >= 4 is 23.4 Å². The highest BCUT2D eigenvalue weighted by Crippen LogP contribution is 2.13. The molecule has 0 spiro atoms. The van der Waals surface area contributed by atoms with E-state index in [4.69, 9.17) is 11.6 Å². The standard InChI is InChI=1S/C13H18ClN3O2/c1-8(2)6-16-12(18)9(3)17-13(19)10-7-15-5-4-11(10)14/h4-5,7-9H,6H2,1-3H3,(H,16,18)(H,17,19). The Labute approximate surface area is 117 Å². The van der Waals surface area contributed by atoms with Crippen LogP contribution in [0.5, 0.6) is 0 Å². The van der Waals surface area contributed by atoms with Gasteiger partial charge in [-0.25, -0.2) is 0 Å². The Morgan fingerprint density at radius 3 is 2.63 bits per heavy atom. The lowest BCUT2D eigenvalue weighted by molar-refractivity contribution is -0.122. The number of pyridine rings is 1. The molecule has 19 heavy (non-hydrogen) atoms. The fourth-order valence-corrected chi connectivity index (χ4v) is 1.53.